The van der Waals surface area contributed by atoms with Crippen LogP contribution in [0.2, 0.25) is 10.0 Å². The quantitative estimate of drug-likeness (QED) is 0.488. The van der Waals surface area contributed by atoms with Gasteiger partial charge in [0.25, 0.3) is 5.91 Å². The van der Waals surface area contributed by atoms with Crippen molar-refractivity contribution >= 4 is 35.1 Å². The van der Waals surface area contributed by atoms with Crippen LogP contribution in [0.15, 0.2) is 18.2 Å². The van der Waals surface area contributed by atoms with Crippen molar-refractivity contribution in [3.05, 3.63) is 33.8 Å². The van der Waals surface area contributed by atoms with Crippen LogP contribution in [0.3, 0.4) is 0 Å². The number of halogens is 2. The van der Waals surface area contributed by atoms with Gasteiger partial charge in [-0.2, -0.15) is 0 Å². The second-order valence-corrected chi connectivity index (χ2v) is 6.17. The number of nitrogens with zero attached hydrogens (tertiary/aromatic N) is 1. The van der Waals surface area contributed by atoms with Gasteiger partial charge < -0.3 is 14.4 Å². The van der Waals surface area contributed by atoms with Crippen molar-refractivity contribution in [2.75, 3.05) is 33.4 Å². The molecule has 0 bridgehead atoms. The minimum absolute atomic E-state index is 0.208. The van der Waals surface area contributed by atoms with E-state index in [1.54, 1.807) is 24.0 Å². The van der Waals surface area contributed by atoms with E-state index in [4.69, 9.17) is 32.7 Å². The molecule has 1 aromatic carbocycles. The first kappa shape index (κ1) is 20.7. The second kappa shape index (κ2) is 10.5. The van der Waals surface area contributed by atoms with Crippen LogP contribution in [-0.4, -0.2) is 50.2 Å². The maximum absolute atomic E-state index is 12.7. The zero-order valence-corrected chi connectivity index (χ0v) is 15.7. The van der Waals surface area contributed by atoms with Crippen molar-refractivity contribution in [1.82, 2.24) is 4.90 Å². The predicted octanol–water partition coefficient (Wildman–Crippen LogP) is 3.67. The molecule has 0 spiro atoms. The van der Waals surface area contributed by atoms with Crippen LogP contribution in [0.25, 0.3) is 0 Å². The fourth-order valence-electron chi connectivity index (χ4n) is 2.20. The van der Waals surface area contributed by atoms with E-state index in [0.717, 1.165) is 0 Å². The fourth-order valence-corrected chi connectivity index (χ4v) is 2.49. The molecular formula is C17H23Cl2NO4. The van der Waals surface area contributed by atoms with Gasteiger partial charge in [-0.15, -0.1) is 0 Å². The van der Waals surface area contributed by atoms with Crippen molar-refractivity contribution in [2.24, 2.45) is 5.92 Å². The summed E-state index contributed by atoms with van der Waals surface area (Å²) in [6, 6.07) is 4.73. The SMILES string of the molecule is CCOCCCN(CC(C)C(=O)OC)C(=O)c1ccc(Cl)c(Cl)c1. The third kappa shape index (κ3) is 6.30. The highest BCUT2D eigenvalue weighted by atomic mass is 35.5. The molecule has 7 heteroatoms. The summed E-state index contributed by atoms with van der Waals surface area (Å²) in [5.74, 6) is -0.985. The summed E-state index contributed by atoms with van der Waals surface area (Å²) in [7, 11) is 1.33. The standard InChI is InChI=1S/C17H23Cl2NO4/c1-4-24-9-5-8-20(11-12(2)17(22)23-3)16(21)13-6-7-14(18)15(19)10-13/h6-7,10,12H,4-5,8-9,11H2,1-3H3. The predicted molar refractivity (Wildman–Crippen MR) is 94.7 cm³/mol. The number of rotatable bonds is 9. The van der Waals surface area contributed by atoms with E-state index >= 15 is 0 Å². The van der Waals surface area contributed by atoms with Crippen molar-refractivity contribution in [2.45, 2.75) is 20.3 Å². The number of carbonyl (C=O) groups excluding carboxylic acids is 2. The molecule has 0 N–H and O–H groups in total. The molecule has 134 valence electrons. The summed E-state index contributed by atoms with van der Waals surface area (Å²) in [4.78, 5) is 26.0. The third-order valence-corrected chi connectivity index (χ3v) is 4.21. The van der Waals surface area contributed by atoms with Crippen molar-refractivity contribution < 1.29 is 19.1 Å². The highest BCUT2D eigenvalue weighted by Gasteiger charge is 2.22. The molecule has 0 aliphatic heterocycles. The molecule has 0 aromatic heterocycles. The molecule has 0 saturated carbocycles. The Morgan fingerprint density at radius 3 is 2.54 bits per heavy atom. The molecule has 1 unspecified atom stereocenters. The van der Waals surface area contributed by atoms with Crippen LogP contribution in [0.4, 0.5) is 0 Å². The summed E-state index contributed by atoms with van der Waals surface area (Å²) in [6.07, 6.45) is 0.675. The first-order valence-electron chi connectivity index (χ1n) is 7.80. The number of amides is 1. The fraction of sp³-hybridized carbons (Fsp3) is 0.529. The molecule has 5 nitrogen and oxygen atoms in total. The van der Waals surface area contributed by atoms with Gasteiger partial charge in [-0.1, -0.05) is 30.1 Å². The number of hydrogen-bond donors (Lipinski definition) is 0. The monoisotopic (exact) mass is 375 g/mol. The Balaban J connectivity index is 2.86. The number of esters is 1. The van der Waals surface area contributed by atoms with E-state index in [2.05, 4.69) is 0 Å². The summed E-state index contributed by atoms with van der Waals surface area (Å²) >= 11 is 11.9. The Kier molecular flexibility index (Phi) is 9.11. The smallest absolute Gasteiger partial charge is 0.310 e. The molecule has 0 heterocycles. The number of benzene rings is 1. The minimum Gasteiger partial charge on any atom is -0.469 e. The maximum Gasteiger partial charge on any atom is 0.310 e. The zero-order chi connectivity index (χ0) is 18.1. The molecule has 0 radical (unpaired) electrons. The first-order valence-corrected chi connectivity index (χ1v) is 8.56. The molecule has 1 aromatic rings. The van der Waals surface area contributed by atoms with E-state index < -0.39 is 5.92 Å². The van der Waals surface area contributed by atoms with Gasteiger partial charge in [0.15, 0.2) is 0 Å². The lowest BCUT2D eigenvalue weighted by Gasteiger charge is -2.25. The van der Waals surface area contributed by atoms with Gasteiger partial charge in [0.05, 0.1) is 23.1 Å². The van der Waals surface area contributed by atoms with Crippen LogP contribution in [0.1, 0.15) is 30.6 Å². The second-order valence-electron chi connectivity index (χ2n) is 5.35. The van der Waals surface area contributed by atoms with Crippen LogP contribution >= 0.6 is 23.2 Å². The summed E-state index contributed by atoms with van der Waals surface area (Å²) < 4.78 is 10.0. The van der Waals surface area contributed by atoms with Crippen LogP contribution in [0, 0.1) is 5.92 Å². The van der Waals surface area contributed by atoms with E-state index in [9.17, 15) is 9.59 Å². The molecular weight excluding hydrogens is 353 g/mol. The van der Waals surface area contributed by atoms with Gasteiger partial charge in [0, 0.05) is 31.9 Å². The molecule has 0 saturated heterocycles. The largest absolute Gasteiger partial charge is 0.469 e. The average Bonchev–Trinajstić information content (AvgIpc) is 2.58. The molecule has 0 aliphatic carbocycles. The highest BCUT2D eigenvalue weighted by Crippen LogP contribution is 2.23. The number of hydrogen-bond acceptors (Lipinski definition) is 4. The van der Waals surface area contributed by atoms with Gasteiger partial charge >= 0.3 is 5.97 Å². The summed E-state index contributed by atoms with van der Waals surface area (Å²) in [5, 5.41) is 0.705. The minimum atomic E-state index is -0.422. The van der Waals surface area contributed by atoms with Crippen LogP contribution in [-0.2, 0) is 14.3 Å². The Bertz CT molecular complexity index is 566. The molecule has 1 rings (SSSR count). The Morgan fingerprint density at radius 1 is 1.25 bits per heavy atom. The lowest BCUT2D eigenvalue weighted by atomic mass is 10.1. The van der Waals surface area contributed by atoms with Gasteiger partial charge in [0.2, 0.25) is 0 Å². The molecule has 0 fully saturated rings. The van der Waals surface area contributed by atoms with Gasteiger partial charge in [-0.25, -0.2) is 0 Å². The zero-order valence-electron chi connectivity index (χ0n) is 14.2. The average molecular weight is 376 g/mol. The van der Waals surface area contributed by atoms with Crippen molar-refractivity contribution in [3.63, 3.8) is 0 Å². The van der Waals surface area contributed by atoms with Gasteiger partial charge in [-0.05, 0) is 31.5 Å². The maximum atomic E-state index is 12.7. The van der Waals surface area contributed by atoms with Crippen LogP contribution in [0.5, 0.6) is 0 Å². The van der Waals surface area contributed by atoms with Crippen molar-refractivity contribution in [3.8, 4) is 0 Å². The first-order chi connectivity index (χ1) is 11.4. The number of methoxy groups -OCH3 is 1. The molecule has 0 aliphatic rings. The third-order valence-electron chi connectivity index (χ3n) is 3.47. The lowest BCUT2D eigenvalue weighted by molar-refractivity contribution is -0.145. The summed E-state index contributed by atoms with van der Waals surface area (Å²) in [5.41, 5.74) is 0.429. The van der Waals surface area contributed by atoms with Gasteiger partial charge in [0.1, 0.15) is 0 Å². The molecule has 24 heavy (non-hydrogen) atoms. The highest BCUT2D eigenvalue weighted by molar-refractivity contribution is 6.42. The van der Waals surface area contributed by atoms with Crippen LogP contribution < -0.4 is 0 Å². The van der Waals surface area contributed by atoms with E-state index in [-0.39, 0.29) is 18.4 Å². The van der Waals surface area contributed by atoms with E-state index in [0.29, 0.717) is 41.8 Å². The van der Waals surface area contributed by atoms with Gasteiger partial charge in [-0.3, -0.25) is 9.59 Å². The summed E-state index contributed by atoms with van der Waals surface area (Å²) in [6.45, 7) is 5.55. The topological polar surface area (TPSA) is 55.8 Å². The number of carbonyl (C=O) groups is 2. The Hall–Kier alpha value is -1.30. The Labute approximate surface area is 152 Å². The van der Waals surface area contributed by atoms with E-state index in [1.165, 1.54) is 13.2 Å². The Morgan fingerprint density at radius 2 is 1.96 bits per heavy atom. The lowest BCUT2D eigenvalue weighted by Crippen LogP contribution is -2.38. The normalized spacial score (nSPS) is 11.9. The molecule has 1 atom stereocenters. The van der Waals surface area contributed by atoms with Crippen molar-refractivity contribution in [1.29, 1.82) is 0 Å². The number of ether oxygens (including phenoxy) is 2. The van der Waals surface area contributed by atoms with E-state index in [1.807, 2.05) is 6.92 Å². The molecule has 1 amide bonds.